The van der Waals surface area contributed by atoms with Crippen molar-refractivity contribution in [2.24, 2.45) is 5.41 Å². The lowest BCUT2D eigenvalue weighted by atomic mass is 9.84. The van der Waals surface area contributed by atoms with Crippen LogP contribution in [0.1, 0.15) is 29.8 Å². The molecule has 0 aliphatic carbocycles. The first-order valence-electron chi connectivity index (χ1n) is 5.20. The van der Waals surface area contributed by atoms with Crippen molar-refractivity contribution in [3.8, 4) is 0 Å². The van der Waals surface area contributed by atoms with Crippen molar-refractivity contribution in [1.29, 1.82) is 0 Å². The number of ketones is 1. The zero-order chi connectivity index (χ0) is 13.2. The molecule has 92 valence electrons. The van der Waals surface area contributed by atoms with E-state index in [1.54, 1.807) is 6.92 Å². The number of methoxy groups -OCH3 is 1. The molecule has 0 saturated carbocycles. The summed E-state index contributed by atoms with van der Waals surface area (Å²) < 4.78 is 17.7. The van der Waals surface area contributed by atoms with E-state index in [9.17, 15) is 14.0 Å². The maximum atomic E-state index is 13.1. The van der Waals surface area contributed by atoms with Crippen molar-refractivity contribution in [1.82, 2.24) is 0 Å². The molecule has 0 aliphatic heterocycles. The maximum absolute atomic E-state index is 13.1. The second-order valence-electron chi connectivity index (χ2n) is 4.41. The van der Waals surface area contributed by atoms with E-state index in [-0.39, 0.29) is 11.6 Å². The third kappa shape index (κ3) is 2.52. The number of hydrogen-bond acceptors (Lipinski definition) is 3. The van der Waals surface area contributed by atoms with Gasteiger partial charge in [-0.1, -0.05) is 0 Å². The molecule has 0 N–H and O–H groups in total. The van der Waals surface area contributed by atoms with Gasteiger partial charge in [0.2, 0.25) is 0 Å². The van der Waals surface area contributed by atoms with E-state index in [1.807, 2.05) is 0 Å². The second kappa shape index (κ2) is 4.65. The fourth-order valence-electron chi connectivity index (χ4n) is 1.49. The lowest BCUT2D eigenvalue weighted by Gasteiger charge is -2.20. The fourth-order valence-corrected chi connectivity index (χ4v) is 1.49. The Labute approximate surface area is 99.6 Å². The quantitative estimate of drug-likeness (QED) is 0.461. The third-order valence-electron chi connectivity index (χ3n) is 2.68. The zero-order valence-corrected chi connectivity index (χ0v) is 10.3. The van der Waals surface area contributed by atoms with Gasteiger partial charge in [0.1, 0.15) is 11.2 Å². The van der Waals surface area contributed by atoms with E-state index >= 15 is 0 Å². The standard InChI is InChI=1S/C13H15FO3/c1-8-7-9(5-6-10(8)14)11(15)13(2,3)12(16)17-4/h5-7H,1-4H3. The average molecular weight is 238 g/mol. The summed E-state index contributed by atoms with van der Waals surface area (Å²) in [7, 11) is 1.23. The van der Waals surface area contributed by atoms with Crippen molar-refractivity contribution in [2.75, 3.05) is 7.11 Å². The van der Waals surface area contributed by atoms with Crippen molar-refractivity contribution in [2.45, 2.75) is 20.8 Å². The van der Waals surface area contributed by atoms with Crippen LogP contribution in [0.15, 0.2) is 18.2 Å². The smallest absolute Gasteiger partial charge is 0.319 e. The van der Waals surface area contributed by atoms with Gasteiger partial charge in [-0.2, -0.15) is 0 Å². The number of rotatable bonds is 3. The Bertz CT molecular complexity index is 464. The minimum absolute atomic E-state index is 0.305. The highest BCUT2D eigenvalue weighted by Crippen LogP contribution is 2.24. The Hall–Kier alpha value is -1.71. The summed E-state index contributed by atoms with van der Waals surface area (Å²) in [5, 5.41) is 0. The number of esters is 1. The van der Waals surface area contributed by atoms with Gasteiger partial charge in [-0.15, -0.1) is 0 Å². The van der Waals surface area contributed by atoms with E-state index in [1.165, 1.54) is 39.2 Å². The molecule has 0 unspecified atom stereocenters. The molecule has 1 aromatic carbocycles. The maximum Gasteiger partial charge on any atom is 0.319 e. The van der Waals surface area contributed by atoms with Crippen LogP contribution in [0.3, 0.4) is 0 Å². The van der Waals surface area contributed by atoms with Gasteiger partial charge in [0.05, 0.1) is 7.11 Å². The molecule has 1 aromatic rings. The summed E-state index contributed by atoms with van der Waals surface area (Å²) in [4.78, 5) is 23.6. The number of hydrogen-bond donors (Lipinski definition) is 0. The Kier molecular flexibility index (Phi) is 3.66. The first-order valence-corrected chi connectivity index (χ1v) is 5.20. The highest BCUT2D eigenvalue weighted by molar-refractivity contribution is 6.11. The summed E-state index contributed by atoms with van der Waals surface area (Å²) >= 11 is 0. The van der Waals surface area contributed by atoms with E-state index in [0.717, 1.165) is 0 Å². The predicted octanol–water partition coefficient (Wildman–Crippen LogP) is 2.52. The summed E-state index contributed by atoms with van der Waals surface area (Å²) in [6.07, 6.45) is 0. The van der Waals surface area contributed by atoms with Crippen molar-refractivity contribution in [3.05, 3.63) is 35.1 Å². The summed E-state index contributed by atoms with van der Waals surface area (Å²) in [6, 6.07) is 4.02. The molecule has 0 bridgehead atoms. The summed E-state index contributed by atoms with van der Waals surface area (Å²) in [5.74, 6) is -1.37. The molecule has 4 heteroatoms. The van der Waals surface area contributed by atoms with Crippen LogP contribution in [0.5, 0.6) is 0 Å². The zero-order valence-electron chi connectivity index (χ0n) is 10.3. The summed E-state index contributed by atoms with van der Waals surface area (Å²) in [5.41, 5.74) is -0.588. The number of ether oxygens (including phenoxy) is 1. The first-order chi connectivity index (χ1) is 7.80. The van der Waals surface area contributed by atoms with Crippen LogP contribution < -0.4 is 0 Å². The second-order valence-corrected chi connectivity index (χ2v) is 4.41. The third-order valence-corrected chi connectivity index (χ3v) is 2.68. The van der Waals surface area contributed by atoms with Crippen LogP contribution in [-0.4, -0.2) is 18.9 Å². The Morgan fingerprint density at radius 2 is 1.88 bits per heavy atom. The van der Waals surface area contributed by atoms with Gasteiger partial charge in [-0.25, -0.2) is 4.39 Å². The highest BCUT2D eigenvalue weighted by Gasteiger charge is 2.37. The molecule has 0 atom stereocenters. The minimum Gasteiger partial charge on any atom is -0.468 e. The molecule has 0 aromatic heterocycles. The number of aryl methyl sites for hydroxylation is 1. The van der Waals surface area contributed by atoms with E-state index < -0.39 is 11.4 Å². The van der Waals surface area contributed by atoms with Gasteiger partial charge < -0.3 is 4.74 Å². The fraction of sp³-hybridized carbons (Fsp3) is 0.385. The molecule has 0 saturated heterocycles. The normalized spacial score (nSPS) is 11.1. The molecule has 0 fully saturated rings. The van der Waals surface area contributed by atoms with E-state index in [2.05, 4.69) is 4.74 Å². The van der Waals surface area contributed by atoms with Gasteiger partial charge in [-0.3, -0.25) is 9.59 Å². The number of Topliss-reactive ketones (excluding diaryl/α,β-unsaturated/α-hetero) is 1. The molecular formula is C13H15FO3. The van der Waals surface area contributed by atoms with Crippen molar-refractivity contribution < 1.29 is 18.7 Å². The Balaban J connectivity index is 3.12. The molecule has 0 aliphatic rings. The van der Waals surface area contributed by atoms with Crippen LogP contribution in [0, 0.1) is 18.2 Å². The molecule has 17 heavy (non-hydrogen) atoms. The van der Waals surface area contributed by atoms with Crippen LogP contribution in [0.2, 0.25) is 0 Å². The van der Waals surface area contributed by atoms with Gasteiger partial charge in [0.25, 0.3) is 0 Å². The van der Waals surface area contributed by atoms with Crippen LogP contribution in [-0.2, 0) is 9.53 Å². The predicted molar refractivity (Wildman–Crippen MR) is 61.3 cm³/mol. The van der Waals surface area contributed by atoms with Gasteiger partial charge in [0, 0.05) is 5.56 Å². The first kappa shape index (κ1) is 13.4. The molecule has 0 amide bonds. The van der Waals surface area contributed by atoms with Crippen LogP contribution >= 0.6 is 0 Å². The molecule has 0 radical (unpaired) electrons. The van der Waals surface area contributed by atoms with E-state index in [0.29, 0.717) is 11.1 Å². The number of carbonyl (C=O) groups is 2. The molecule has 3 nitrogen and oxygen atoms in total. The number of halogens is 1. The van der Waals surface area contributed by atoms with Crippen molar-refractivity contribution in [3.63, 3.8) is 0 Å². The molecular weight excluding hydrogens is 223 g/mol. The lowest BCUT2D eigenvalue weighted by Crippen LogP contribution is -2.34. The topological polar surface area (TPSA) is 43.4 Å². The largest absolute Gasteiger partial charge is 0.468 e. The van der Waals surface area contributed by atoms with Crippen LogP contribution in [0.25, 0.3) is 0 Å². The molecule has 1 rings (SSSR count). The van der Waals surface area contributed by atoms with Gasteiger partial charge in [0.15, 0.2) is 5.78 Å². The number of benzene rings is 1. The monoisotopic (exact) mass is 238 g/mol. The van der Waals surface area contributed by atoms with E-state index in [4.69, 9.17) is 0 Å². The van der Waals surface area contributed by atoms with Crippen LogP contribution in [0.4, 0.5) is 4.39 Å². The highest BCUT2D eigenvalue weighted by atomic mass is 19.1. The minimum atomic E-state index is -1.26. The van der Waals surface area contributed by atoms with Crippen molar-refractivity contribution >= 4 is 11.8 Å². The SMILES string of the molecule is COC(=O)C(C)(C)C(=O)c1ccc(F)c(C)c1. The lowest BCUT2D eigenvalue weighted by molar-refractivity contribution is -0.147. The Morgan fingerprint density at radius 1 is 1.29 bits per heavy atom. The average Bonchev–Trinajstić information content (AvgIpc) is 2.30. The Morgan fingerprint density at radius 3 is 2.35 bits per heavy atom. The number of carbonyl (C=O) groups excluding carboxylic acids is 2. The molecule has 0 heterocycles. The molecule has 0 spiro atoms. The summed E-state index contributed by atoms with van der Waals surface area (Å²) in [6.45, 7) is 4.54. The van der Waals surface area contributed by atoms with Gasteiger partial charge in [-0.05, 0) is 44.5 Å². The van der Waals surface area contributed by atoms with Gasteiger partial charge >= 0.3 is 5.97 Å².